The first-order chi connectivity index (χ1) is 13.5. The van der Waals surface area contributed by atoms with E-state index in [0.29, 0.717) is 0 Å². The van der Waals surface area contributed by atoms with Crippen LogP contribution >= 0.6 is 34.2 Å². The van der Waals surface area contributed by atoms with Gasteiger partial charge in [0.2, 0.25) is 0 Å². The van der Waals surface area contributed by atoms with Gasteiger partial charge in [0.1, 0.15) is 27.9 Å². The van der Waals surface area contributed by atoms with Gasteiger partial charge < -0.3 is 29.6 Å². The highest BCUT2D eigenvalue weighted by Gasteiger charge is 2.22. The van der Waals surface area contributed by atoms with Crippen molar-refractivity contribution in [2.75, 3.05) is 10.7 Å². The van der Waals surface area contributed by atoms with Gasteiger partial charge in [0, 0.05) is 0 Å². The Morgan fingerprint density at radius 2 is 1.13 bits per heavy atom. The van der Waals surface area contributed by atoms with Crippen molar-refractivity contribution in [1.29, 1.82) is 0 Å². The second kappa shape index (κ2) is 14.5. The zero-order valence-electron chi connectivity index (χ0n) is 18.6. The van der Waals surface area contributed by atoms with Gasteiger partial charge >= 0.3 is 24.1 Å². The maximum atomic E-state index is 11.2. The zero-order valence-corrected chi connectivity index (χ0v) is 21.5. The Kier molecular flexibility index (Phi) is 14.8. The first kappa shape index (κ1) is 30.7. The van der Waals surface area contributed by atoms with Gasteiger partial charge in [-0.2, -0.15) is 0 Å². The van der Waals surface area contributed by atoms with E-state index in [-0.39, 0.29) is 10.7 Å². The van der Waals surface area contributed by atoms with Crippen LogP contribution in [0.4, 0.5) is 9.59 Å². The summed E-state index contributed by atoms with van der Waals surface area (Å²) in [4.78, 5) is 44.7. The number of alkyl carbamates (subject to hydrolysis) is 2. The van der Waals surface area contributed by atoms with Crippen molar-refractivity contribution in [2.24, 2.45) is 0 Å². The summed E-state index contributed by atoms with van der Waals surface area (Å²) >= 11 is 7.10. The Hall–Kier alpha value is -1.50. The van der Waals surface area contributed by atoms with Crippen molar-refractivity contribution in [3.05, 3.63) is 0 Å². The van der Waals surface area contributed by atoms with Gasteiger partial charge in [-0.15, -0.1) is 0 Å². The molecule has 0 saturated carbocycles. The first-order valence-corrected chi connectivity index (χ1v) is 11.0. The lowest BCUT2D eigenvalue weighted by Crippen LogP contribution is -2.42. The number of rotatable bonds is 6. The average Bonchev–Trinajstić information content (AvgIpc) is 2.51. The summed E-state index contributed by atoms with van der Waals surface area (Å²) in [6.45, 7) is 13.5. The molecule has 2 amide bonds. The molecule has 0 radical (unpaired) electrons. The van der Waals surface area contributed by atoms with Crippen LogP contribution in [0.25, 0.3) is 0 Å². The van der Waals surface area contributed by atoms with Gasteiger partial charge in [-0.1, -0.05) is 11.6 Å². The van der Waals surface area contributed by atoms with E-state index in [4.69, 9.17) is 25.8 Å². The predicted octanol–water partition coefficient (Wildman–Crippen LogP) is 3.47. The van der Waals surface area contributed by atoms with Gasteiger partial charge in [-0.3, -0.25) is 0 Å². The van der Waals surface area contributed by atoms with Crippen LogP contribution in [0.2, 0.25) is 0 Å². The van der Waals surface area contributed by atoms with Crippen molar-refractivity contribution in [2.45, 2.75) is 78.7 Å². The van der Waals surface area contributed by atoms with E-state index >= 15 is 0 Å². The Balaban J connectivity index is 0. The normalized spacial score (nSPS) is 12.9. The third-order valence-electron chi connectivity index (χ3n) is 2.57. The molecule has 12 heteroatoms. The molecule has 10 nitrogen and oxygen atoms in total. The highest BCUT2D eigenvalue weighted by molar-refractivity contribution is 14.1. The molecule has 176 valence electrons. The first-order valence-electron chi connectivity index (χ1n) is 8.96. The van der Waals surface area contributed by atoms with Gasteiger partial charge in [-0.05, 0) is 78.0 Å². The molecule has 2 atom stereocenters. The molecule has 0 aliphatic rings. The third kappa shape index (κ3) is 18.5. The molecule has 2 N–H and O–H groups in total. The molecule has 0 aromatic heterocycles. The number of amides is 2. The van der Waals surface area contributed by atoms with E-state index in [2.05, 4.69) is 15.4 Å². The van der Waals surface area contributed by atoms with E-state index in [0.717, 1.165) is 0 Å². The molecule has 0 saturated heterocycles. The fraction of sp³-hybridized carbons (Fsp3) is 0.778. The summed E-state index contributed by atoms with van der Waals surface area (Å²) in [5, 5.41) is 4.71. The fourth-order valence-corrected chi connectivity index (χ4v) is 1.86. The van der Waals surface area contributed by atoms with Crippen LogP contribution in [0, 0.1) is 0 Å². The number of alkyl halides is 2. The monoisotopic (exact) mass is 566 g/mol. The molecular formula is C18H32ClIN2O8. The molecule has 0 unspecified atom stereocenters. The van der Waals surface area contributed by atoms with Crippen molar-refractivity contribution >= 4 is 58.3 Å². The molecule has 0 heterocycles. The van der Waals surface area contributed by atoms with Crippen LogP contribution in [0.15, 0.2) is 0 Å². The molecule has 0 aliphatic heterocycles. The van der Waals surface area contributed by atoms with Crippen LogP contribution < -0.4 is 10.6 Å². The minimum Gasteiger partial charge on any atom is -0.453 e. The number of carbonyl (C=O) groups is 4. The minimum absolute atomic E-state index is 0.237. The maximum absolute atomic E-state index is 11.2. The summed E-state index contributed by atoms with van der Waals surface area (Å²) in [5.41, 5.74) is -1.17. The summed E-state index contributed by atoms with van der Waals surface area (Å²) in [6.07, 6.45) is -1.29. The Morgan fingerprint density at radius 3 is 1.40 bits per heavy atom. The highest BCUT2D eigenvalue weighted by atomic mass is 127. The van der Waals surface area contributed by atoms with Crippen LogP contribution in [-0.2, 0) is 28.5 Å². The molecule has 0 bridgehead atoms. The predicted molar refractivity (Wildman–Crippen MR) is 119 cm³/mol. The highest BCUT2D eigenvalue weighted by Crippen LogP contribution is 2.07. The number of esters is 2. The number of carbonyl (C=O) groups excluding carboxylic acids is 4. The largest absolute Gasteiger partial charge is 0.453 e. The summed E-state index contributed by atoms with van der Waals surface area (Å²) < 4.78 is 19.4. The van der Waals surface area contributed by atoms with E-state index < -0.39 is 47.4 Å². The Bertz CT molecular complexity index is 526. The van der Waals surface area contributed by atoms with Crippen LogP contribution in [-0.4, -0.2) is 58.1 Å². The average molecular weight is 567 g/mol. The van der Waals surface area contributed by atoms with E-state index in [1.165, 1.54) is 6.92 Å². The summed E-state index contributed by atoms with van der Waals surface area (Å²) in [6, 6.07) is -1.72. The van der Waals surface area contributed by atoms with Crippen molar-refractivity contribution in [1.82, 2.24) is 10.6 Å². The number of halogens is 2. The molecule has 0 aromatic rings. The lowest BCUT2D eigenvalue weighted by atomic mass is 10.2. The molecule has 0 rings (SSSR count). The number of nitrogens with one attached hydrogen (secondary N) is 2. The summed E-state index contributed by atoms with van der Waals surface area (Å²) in [7, 11) is 0. The lowest BCUT2D eigenvalue weighted by Gasteiger charge is -2.21. The molecule has 0 aliphatic carbocycles. The quantitative estimate of drug-likeness (QED) is 0.216. The van der Waals surface area contributed by atoms with E-state index in [1.54, 1.807) is 48.5 Å². The van der Waals surface area contributed by atoms with Crippen molar-refractivity contribution in [3.63, 3.8) is 0 Å². The van der Waals surface area contributed by atoms with Gasteiger partial charge in [0.15, 0.2) is 6.07 Å². The van der Waals surface area contributed by atoms with Crippen molar-refractivity contribution < 1.29 is 38.1 Å². The lowest BCUT2D eigenvalue weighted by molar-refractivity contribution is -0.144. The fourth-order valence-electron chi connectivity index (χ4n) is 1.44. The smallest absolute Gasteiger partial charge is 0.408 e. The second-order valence-corrected chi connectivity index (χ2v) is 8.72. The molecular weight excluding hydrogens is 535 g/mol. The van der Waals surface area contributed by atoms with Gasteiger partial charge in [-0.25, -0.2) is 19.2 Å². The van der Waals surface area contributed by atoms with E-state index in [1.807, 2.05) is 22.6 Å². The topological polar surface area (TPSA) is 129 Å². The van der Waals surface area contributed by atoms with Crippen LogP contribution in [0.1, 0.15) is 55.4 Å². The van der Waals surface area contributed by atoms with Crippen LogP contribution in [0.5, 0.6) is 0 Å². The zero-order chi connectivity index (χ0) is 24.1. The molecule has 30 heavy (non-hydrogen) atoms. The molecule has 0 spiro atoms. The third-order valence-corrected chi connectivity index (χ3v) is 2.99. The minimum atomic E-state index is -0.779. The standard InChI is InChI=1S/C9H16ClNO4.C9H16INO4/c2*1-6(7(12)14-5-10)11-8(13)15-9(2,3)4/h2*6H,5H2,1-4H3,(H,11,13)/t2*6-/m00/s1. The molecule has 0 fully saturated rings. The Morgan fingerprint density at radius 1 is 0.800 bits per heavy atom. The van der Waals surface area contributed by atoms with Crippen LogP contribution in [0.3, 0.4) is 0 Å². The number of ether oxygens (including phenoxy) is 4. The summed E-state index contributed by atoms with van der Waals surface area (Å²) in [5.74, 6) is -1.08. The maximum Gasteiger partial charge on any atom is 0.408 e. The SMILES string of the molecule is C[C@H](NC(=O)OC(C)(C)C)C(=O)OCCl.C[C@H](NC(=O)OC(C)(C)C)C(=O)OCI. The Labute approximate surface area is 196 Å². The molecule has 0 aromatic carbocycles. The number of hydrogen-bond acceptors (Lipinski definition) is 8. The number of hydrogen-bond donors (Lipinski definition) is 2. The van der Waals surface area contributed by atoms with Gasteiger partial charge in [0.25, 0.3) is 0 Å². The van der Waals surface area contributed by atoms with E-state index in [9.17, 15) is 19.2 Å². The van der Waals surface area contributed by atoms with Gasteiger partial charge in [0.05, 0.1) is 0 Å². The van der Waals surface area contributed by atoms with Crippen molar-refractivity contribution in [3.8, 4) is 0 Å². The second-order valence-electron chi connectivity index (χ2n) is 7.88.